The Balaban J connectivity index is 1.67. The molecule has 1 aromatic carbocycles. The molecule has 0 bridgehead atoms. The molecular weight excluding hydrogens is 606 g/mol. The van der Waals surface area contributed by atoms with Crippen molar-refractivity contribution in [2.24, 2.45) is 11.8 Å². The van der Waals surface area contributed by atoms with Crippen molar-refractivity contribution in [3.05, 3.63) is 46.8 Å². The summed E-state index contributed by atoms with van der Waals surface area (Å²) in [5.74, 6) is -2.13. The van der Waals surface area contributed by atoms with Gasteiger partial charge >= 0.3 is 0 Å². The summed E-state index contributed by atoms with van der Waals surface area (Å²) >= 11 is 0. The van der Waals surface area contributed by atoms with Crippen LogP contribution in [0.25, 0.3) is 0 Å². The van der Waals surface area contributed by atoms with Crippen LogP contribution in [0.15, 0.2) is 24.3 Å². The number of hydrogen-bond acceptors (Lipinski definition) is 8. The third-order valence-corrected chi connectivity index (χ3v) is 8.41. The number of carbonyl (C=O) groups excluding carboxylic acids is 5. The molecule has 1 fully saturated rings. The van der Waals surface area contributed by atoms with E-state index in [2.05, 4.69) is 31.5 Å². The van der Waals surface area contributed by atoms with E-state index in [0.717, 1.165) is 11.3 Å². The Morgan fingerprint density at radius 3 is 2.34 bits per heavy atom. The number of rotatable bonds is 7. The highest BCUT2D eigenvalue weighted by Crippen LogP contribution is 2.21. The Labute approximate surface area is 275 Å². The maximum atomic E-state index is 14.0. The molecule has 2 aliphatic heterocycles. The number of nitrogens with zero attached hydrogens (tertiary/aromatic N) is 2. The number of amides is 5. The minimum Gasteiger partial charge on any atom is -0.497 e. The summed E-state index contributed by atoms with van der Waals surface area (Å²) in [4.78, 5) is 69.6. The SMILES string of the molecule is COc1ccc(C[C@@H]2NC(=O)[C@H](CC(C)C)NC(=O)CN(C(=O)c3n[nH]c4c3COCC4)C[C@H](C(C)C)NC(=O)[C@@H](C)NC2=O)cc1. The minimum atomic E-state index is -1.05. The first-order valence-corrected chi connectivity index (χ1v) is 16.1. The molecule has 5 amide bonds. The molecule has 1 aromatic heterocycles. The van der Waals surface area contributed by atoms with Gasteiger partial charge in [-0.25, -0.2) is 0 Å². The number of H-pyrrole nitrogens is 1. The summed E-state index contributed by atoms with van der Waals surface area (Å²) in [6, 6.07) is 3.52. The summed E-state index contributed by atoms with van der Waals surface area (Å²) in [6.07, 6.45) is 1.00. The lowest BCUT2D eigenvalue weighted by Crippen LogP contribution is -2.57. The van der Waals surface area contributed by atoms with Crippen molar-refractivity contribution in [3.8, 4) is 5.75 Å². The Morgan fingerprint density at radius 2 is 1.68 bits per heavy atom. The molecule has 0 radical (unpaired) electrons. The van der Waals surface area contributed by atoms with Gasteiger partial charge in [0.2, 0.25) is 23.6 Å². The maximum absolute atomic E-state index is 14.0. The van der Waals surface area contributed by atoms with Gasteiger partial charge in [-0.3, -0.25) is 29.1 Å². The Bertz CT molecular complexity index is 1440. The molecule has 0 unspecified atom stereocenters. The van der Waals surface area contributed by atoms with Gasteiger partial charge in [-0.15, -0.1) is 0 Å². The summed E-state index contributed by atoms with van der Waals surface area (Å²) in [5, 5.41) is 18.5. The Kier molecular flexibility index (Phi) is 12.0. The highest BCUT2D eigenvalue weighted by Gasteiger charge is 2.34. The van der Waals surface area contributed by atoms with E-state index >= 15 is 0 Å². The van der Waals surface area contributed by atoms with Crippen molar-refractivity contribution < 1.29 is 33.4 Å². The van der Waals surface area contributed by atoms with Crippen molar-refractivity contribution in [1.82, 2.24) is 36.4 Å². The van der Waals surface area contributed by atoms with Gasteiger partial charge in [0.05, 0.1) is 26.9 Å². The summed E-state index contributed by atoms with van der Waals surface area (Å²) in [7, 11) is 1.55. The first kappa shape index (κ1) is 35.4. The molecule has 256 valence electrons. The molecule has 3 heterocycles. The van der Waals surface area contributed by atoms with Crippen LogP contribution in [0.1, 0.15) is 68.3 Å². The Morgan fingerprint density at radius 1 is 0.979 bits per heavy atom. The normalized spacial score (nSPS) is 23.2. The van der Waals surface area contributed by atoms with E-state index < -0.39 is 53.7 Å². The lowest BCUT2D eigenvalue weighted by Gasteiger charge is -2.31. The van der Waals surface area contributed by atoms with E-state index in [0.29, 0.717) is 24.3 Å². The number of carbonyl (C=O) groups is 5. The summed E-state index contributed by atoms with van der Waals surface area (Å²) in [5.41, 5.74) is 2.35. The fraction of sp³-hybridized carbons (Fsp3) is 0.576. The highest BCUT2D eigenvalue weighted by atomic mass is 16.5. The number of nitrogens with one attached hydrogen (secondary N) is 5. The topological polar surface area (TPSA) is 184 Å². The van der Waals surface area contributed by atoms with Gasteiger partial charge in [0.1, 0.15) is 23.9 Å². The lowest BCUT2D eigenvalue weighted by molar-refractivity contribution is -0.133. The van der Waals surface area contributed by atoms with Crippen LogP contribution in [-0.4, -0.2) is 95.6 Å². The number of aromatic amines is 1. The van der Waals surface area contributed by atoms with Crippen molar-refractivity contribution in [1.29, 1.82) is 0 Å². The zero-order valence-electron chi connectivity index (χ0n) is 28.0. The van der Waals surface area contributed by atoms with Gasteiger partial charge in [0, 0.05) is 36.7 Å². The maximum Gasteiger partial charge on any atom is 0.275 e. The van der Waals surface area contributed by atoms with E-state index in [1.54, 1.807) is 38.3 Å². The molecule has 4 atom stereocenters. The average Bonchev–Trinajstić information content (AvgIpc) is 3.46. The van der Waals surface area contributed by atoms with Gasteiger partial charge in [-0.05, 0) is 42.9 Å². The molecule has 0 aliphatic carbocycles. The number of benzene rings is 1. The van der Waals surface area contributed by atoms with Crippen LogP contribution in [0.3, 0.4) is 0 Å². The number of aromatic nitrogens is 2. The molecule has 5 N–H and O–H groups in total. The van der Waals surface area contributed by atoms with Crippen molar-refractivity contribution in [3.63, 3.8) is 0 Å². The second-order valence-electron chi connectivity index (χ2n) is 13.0. The van der Waals surface area contributed by atoms with Crippen LogP contribution in [0.5, 0.6) is 5.75 Å². The quantitative estimate of drug-likeness (QED) is 0.291. The van der Waals surface area contributed by atoms with E-state index in [1.807, 2.05) is 27.7 Å². The van der Waals surface area contributed by atoms with Crippen LogP contribution in [-0.2, 0) is 43.4 Å². The number of hydrogen-bond donors (Lipinski definition) is 5. The molecule has 14 heteroatoms. The molecule has 14 nitrogen and oxygen atoms in total. The number of methoxy groups -OCH3 is 1. The first-order valence-electron chi connectivity index (χ1n) is 16.1. The van der Waals surface area contributed by atoms with Crippen LogP contribution in [0.2, 0.25) is 0 Å². The van der Waals surface area contributed by atoms with Crippen LogP contribution >= 0.6 is 0 Å². The number of fused-ring (bicyclic) bond motifs is 1. The van der Waals surface area contributed by atoms with Crippen molar-refractivity contribution >= 4 is 29.5 Å². The third kappa shape index (κ3) is 9.31. The second-order valence-corrected chi connectivity index (χ2v) is 13.0. The van der Waals surface area contributed by atoms with E-state index in [9.17, 15) is 24.0 Å². The highest BCUT2D eigenvalue weighted by molar-refractivity contribution is 5.98. The van der Waals surface area contributed by atoms with Crippen LogP contribution in [0, 0.1) is 11.8 Å². The largest absolute Gasteiger partial charge is 0.497 e. The van der Waals surface area contributed by atoms with E-state index in [1.165, 1.54) is 4.90 Å². The zero-order chi connectivity index (χ0) is 34.2. The standard InChI is InChI=1S/C33H47N7O7/c1-18(2)13-25-32(44)36-26(14-21-7-9-22(46-6)10-8-21)31(43)34-20(5)30(42)37-27(19(3)4)15-40(16-28(41)35-25)33(45)29-23-17-47-12-11-24(23)38-39-29/h7-10,18-20,25-27H,11-17H2,1-6H3,(H,34,43)(H,35,41)(H,36,44)(H,37,42)(H,38,39)/t20-,25+,26+,27-/m1/s1. The third-order valence-electron chi connectivity index (χ3n) is 8.41. The van der Waals surface area contributed by atoms with E-state index in [-0.39, 0.29) is 50.1 Å². The second kappa shape index (κ2) is 15.9. The number of ether oxygens (including phenoxy) is 2. The zero-order valence-corrected chi connectivity index (χ0v) is 28.0. The predicted octanol–water partition coefficient (Wildman–Crippen LogP) is 0.851. The Hall–Kier alpha value is -4.46. The fourth-order valence-electron chi connectivity index (χ4n) is 5.60. The van der Waals surface area contributed by atoms with Gasteiger partial charge in [0.25, 0.3) is 5.91 Å². The molecule has 2 aromatic rings. The van der Waals surface area contributed by atoms with Crippen LogP contribution in [0.4, 0.5) is 0 Å². The molecular formula is C33H47N7O7. The lowest BCUT2D eigenvalue weighted by atomic mass is 10.0. The summed E-state index contributed by atoms with van der Waals surface area (Å²) in [6.45, 7) is 9.49. The molecule has 0 saturated carbocycles. The van der Waals surface area contributed by atoms with Gasteiger partial charge < -0.3 is 35.6 Å². The summed E-state index contributed by atoms with van der Waals surface area (Å²) < 4.78 is 10.8. The molecule has 47 heavy (non-hydrogen) atoms. The predicted molar refractivity (Wildman–Crippen MR) is 172 cm³/mol. The minimum absolute atomic E-state index is 0.0139. The monoisotopic (exact) mass is 653 g/mol. The van der Waals surface area contributed by atoms with E-state index in [4.69, 9.17) is 9.47 Å². The molecule has 0 spiro atoms. The van der Waals surface area contributed by atoms with Crippen LogP contribution < -0.4 is 26.0 Å². The smallest absolute Gasteiger partial charge is 0.275 e. The van der Waals surface area contributed by atoms with Crippen molar-refractivity contribution in [2.75, 3.05) is 26.8 Å². The van der Waals surface area contributed by atoms with Crippen molar-refractivity contribution in [2.45, 2.75) is 84.7 Å². The first-order chi connectivity index (χ1) is 22.4. The average molecular weight is 654 g/mol. The fourth-order valence-corrected chi connectivity index (χ4v) is 5.60. The molecule has 1 saturated heterocycles. The van der Waals surface area contributed by atoms with Gasteiger partial charge in [0.15, 0.2) is 5.69 Å². The van der Waals surface area contributed by atoms with Gasteiger partial charge in [-0.1, -0.05) is 39.8 Å². The van der Waals surface area contributed by atoms with Gasteiger partial charge in [-0.2, -0.15) is 5.10 Å². The molecule has 2 aliphatic rings. The molecule has 4 rings (SSSR count).